The van der Waals surface area contributed by atoms with E-state index in [-0.39, 0.29) is 43.4 Å². The van der Waals surface area contributed by atoms with Crippen molar-refractivity contribution in [1.82, 2.24) is 92.8 Å². The van der Waals surface area contributed by atoms with Gasteiger partial charge in [-0.1, -0.05) is 133 Å². The Balaban J connectivity index is 2.30. The van der Waals surface area contributed by atoms with Gasteiger partial charge in [0, 0.05) is 74.1 Å². The SMILES string of the molecule is CC[C@@H](C)[C@@H](C(=O)N(C)[C@H](C(=O)N(C)[C@@H](CC(C)C)C(=O)N[C@@H](CC(N)=O)C(=O)N[C@@H]1C(=O)N[C@@H](CC(N)=O)C(=O)N(C)CC(=O)N[C@@H](CC(N)=O)C(=O)N[C@@H](C)C(=O)N[C@H]([C@H](C)CC)C(=O)N[C@H]2CC(=O)N/C2=C(/C)C(=O)N[C@@H](CC(N)=O)C(=O)N[C@H](C)C(=O)N(C)[C@H]([C@@H](C)CC)C(=O)O[C@@H]1C)C(C)C)N(C)C(=O)[C@H](CC(N)=O)N(C)C(=O)[C@H](C(C)C)N(C)C(=O)[C@@H](Cc1ccccc1)NC(=O)COC. The van der Waals surface area contributed by atoms with Gasteiger partial charge in [-0.05, 0) is 75.2 Å². The van der Waals surface area contributed by atoms with Crippen LogP contribution < -0.4 is 87.2 Å². The highest BCUT2D eigenvalue weighted by Gasteiger charge is 2.49. The van der Waals surface area contributed by atoms with Crippen LogP contribution in [0.3, 0.4) is 0 Å². The van der Waals surface area contributed by atoms with Crippen LogP contribution >= 0.6 is 0 Å². The Hall–Kier alpha value is -13.8. The number of hydrogen-bond acceptors (Lipinski definition) is 26. The number of esters is 1. The van der Waals surface area contributed by atoms with Crippen molar-refractivity contribution in [1.29, 1.82) is 0 Å². The first kappa shape index (κ1) is 121. The first-order valence-corrected chi connectivity index (χ1v) is 46.6. The maximum atomic E-state index is 15.5. The lowest BCUT2D eigenvalue weighted by Crippen LogP contribution is -2.63. The Kier molecular flexibility index (Phi) is 48.1. The number of benzene rings is 1. The summed E-state index contributed by atoms with van der Waals surface area (Å²) in [6.07, 6.45) is -7.20. The summed E-state index contributed by atoms with van der Waals surface area (Å²) in [4.78, 5) is 348. The van der Waals surface area contributed by atoms with Crippen LogP contribution in [-0.4, -0.2) is 349 Å². The topological polar surface area (TPSA) is 713 Å². The van der Waals surface area contributed by atoms with Crippen molar-refractivity contribution in [3.8, 4) is 0 Å². The van der Waals surface area contributed by atoms with Gasteiger partial charge < -0.3 is 131 Å². The molecule has 49 nitrogen and oxygen atoms in total. The van der Waals surface area contributed by atoms with Crippen molar-refractivity contribution in [3.05, 3.63) is 47.2 Å². The number of carbonyl (C=O) groups is 24. The molecule has 786 valence electrons. The molecule has 23 amide bonds. The molecule has 2 aliphatic rings. The van der Waals surface area contributed by atoms with E-state index >= 15 is 38.4 Å². The molecule has 1 saturated heterocycles. The number of methoxy groups -OCH3 is 1. The number of hydrogen-bond donors (Lipinski definition) is 16. The molecule has 141 heavy (non-hydrogen) atoms. The van der Waals surface area contributed by atoms with Gasteiger partial charge >= 0.3 is 5.97 Å². The van der Waals surface area contributed by atoms with Crippen LogP contribution in [0.25, 0.3) is 0 Å². The van der Waals surface area contributed by atoms with Gasteiger partial charge in [-0.2, -0.15) is 0 Å². The molecular weight excluding hydrogens is 1840 g/mol. The van der Waals surface area contributed by atoms with Crippen molar-refractivity contribution in [3.63, 3.8) is 0 Å². The van der Waals surface area contributed by atoms with E-state index in [1.165, 1.54) is 56.2 Å². The number of fused-ring (bicyclic) bond motifs is 1. The summed E-state index contributed by atoms with van der Waals surface area (Å²) in [6.45, 7) is 22.4. The zero-order valence-electron chi connectivity index (χ0n) is 85.0. The highest BCUT2D eigenvalue weighted by molar-refractivity contribution is 6.05. The third-order valence-corrected chi connectivity index (χ3v) is 24.8. The zero-order valence-corrected chi connectivity index (χ0v) is 85.0. The van der Waals surface area contributed by atoms with Crippen molar-refractivity contribution < 1.29 is 125 Å². The van der Waals surface area contributed by atoms with Crippen LogP contribution in [0, 0.1) is 35.5 Å². The van der Waals surface area contributed by atoms with Crippen LogP contribution in [0.2, 0.25) is 0 Å². The van der Waals surface area contributed by atoms with Gasteiger partial charge in [-0.15, -0.1) is 0 Å². The fourth-order valence-electron chi connectivity index (χ4n) is 16.3. The highest BCUT2D eigenvalue weighted by atomic mass is 16.5. The van der Waals surface area contributed by atoms with Gasteiger partial charge in [-0.25, -0.2) is 4.79 Å². The van der Waals surface area contributed by atoms with Crippen LogP contribution in [0.5, 0.6) is 0 Å². The molecule has 49 heteroatoms. The third-order valence-electron chi connectivity index (χ3n) is 24.8. The Bertz CT molecular complexity index is 4780. The molecule has 1 aromatic carbocycles. The minimum Gasteiger partial charge on any atom is -0.458 e. The molecular formula is C92H147N23O26. The summed E-state index contributed by atoms with van der Waals surface area (Å²) in [5.74, 6) is -30.7. The van der Waals surface area contributed by atoms with E-state index in [0.717, 1.165) is 64.3 Å². The average molecular weight is 1990 g/mol. The van der Waals surface area contributed by atoms with E-state index in [2.05, 4.69) is 58.5 Å². The molecule has 20 atom stereocenters. The Morgan fingerprint density at radius 2 is 1.00 bits per heavy atom. The Morgan fingerprint density at radius 3 is 1.50 bits per heavy atom. The number of amides is 23. The first-order chi connectivity index (χ1) is 65.5. The number of cyclic esters (lactones) is 1. The standard InChI is InChI=1S/C92H147N23O26/c1-25-46(10)70-83(130)102-54-39-67(121)106-71(54)49(13)77(124)103-56(36-63(94)117)80(127)99-51(15)85(132)115(23)76(48(12)27-3)92(139)141-52(16)72(84(131)105-59(38-65(96)119)86(133)109(17)41-68(122)100-55(35-62(93)116)79(126)98-50(14)78(125)107-70)108-81(128)57(37-64(95)118)104-82(129)60(33-43(4)5)110(18)89(136)74(45(8)9)113(21)91(138)75(47(11)26-2)114(22)88(135)61(40-66(97)120)111(19)90(137)73(44(6)7)112(20)87(134)58(101-69(123)42-140-24)34-53-31-29-28-30-32-53/h28-32,43-48,50-52,54-61,70,72-76H,25-27,33-42H2,1-24H3,(H2,93,116)(H2,94,117)(H2,95,118)(H2,96,119)(H2,97,120)(H,98,126)(H,99,127)(H,100,122)(H,101,123)(H,102,130)(H,103,124)(H,104,129)(H,105,131)(H,106,121)(H,107,125)(H,108,128)/b71-49-/t46-,47-,48+,50+,51-,52-,54+,55+,56+,57+,58-,59+,60+,61+,70-,72+,73+,74+,75+,76-/m1/s1. The van der Waals surface area contributed by atoms with Crippen molar-refractivity contribution in [2.45, 2.75) is 284 Å². The number of nitrogens with one attached hydrogen (secondary N) is 11. The number of carbonyl (C=O) groups excluding carboxylic acids is 24. The number of nitrogens with two attached hydrogens (primary N) is 5. The maximum Gasteiger partial charge on any atom is 0.329 e. The molecule has 0 radical (unpaired) electrons. The van der Waals surface area contributed by atoms with Gasteiger partial charge in [0.2, 0.25) is 136 Å². The second kappa shape index (κ2) is 55.9. The van der Waals surface area contributed by atoms with Gasteiger partial charge in [0.05, 0.1) is 51.1 Å². The molecule has 0 bridgehead atoms. The zero-order chi connectivity index (χ0) is 108. The number of primary amides is 5. The molecule has 21 N–H and O–H groups in total. The lowest BCUT2D eigenvalue weighted by atomic mass is 9.92. The molecule has 0 unspecified atom stereocenters. The van der Waals surface area contributed by atoms with E-state index in [1.54, 1.807) is 106 Å². The molecule has 1 fully saturated rings. The summed E-state index contributed by atoms with van der Waals surface area (Å²) >= 11 is 0. The molecule has 0 aromatic heterocycles. The minimum absolute atomic E-state index is 0.00880. The smallest absolute Gasteiger partial charge is 0.329 e. The fourth-order valence-corrected chi connectivity index (χ4v) is 16.3. The van der Waals surface area contributed by atoms with Gasteiger partial charge in [0.1, 0.15) is 103 Å². The van der Waals surface area contributed by atoms with Gasteiger partial charge in [0.15, 0.2) is 0 Å². The van der Waals surface area contributed by atoms with Crippen LogP contribution in [-0.2, 0) is 131 Å². The van der Waals surface area contributed by atoms with Crippen molar-refractivity contribution >= 4 is 142 Å². The van der Waals surface area contributed by atoms with E-state index < -0.39 is 332 Å². The van der Waals surface area contributed by atoms with Crippen molar-refractivity contribution in [2.24, 2.45) is 64.2 Å². The normalized spacial score (nSPS) is 22.6. The Morgan fingerprint density at radius 1 is 0.504 bits per heavy atom. The quantitative estimate of drug-likeness (QED) is 0.0273. The number of likely N-dealkylation sites (N-methyl/N-ethyl adjacent to an activating group) is 7. The van der Waals surface area contributed by atoms with E-state index in [4.69, 9.17) is 38.1 Å². The van der Waals surface area contributed by atoms with Crippen LogP contribution in [0.1, 0.15) is 181 Å². The molecule has 2 aliphatic heterocycles. The monoisotopic (exact) mass is 1990 g/mol. The van der Waals surface area contributed by atoms with E-state index in [1.807, 2.05) is 0 Å². The predicted octanol–water partition coefficient (Wildman–Crippen LogP) is -6.20. The van der Waals surface area contributed by atoms with Gasteiger partial charge in [-0.3, -0.25) is 110 Å². The molecule has 0 spiro atoms. The maximum absolute atomic E-state index is 15.5. The third kappa shape index (κ3) is 35.2. The second-order valence-corrected chi connectivity index (χ2v) is 37.3. The number of rotatable bonds is 39. The fraction of sp³-hybridized carbons (Fsp3) is 0.652. The lowest BCUT2D eigenvalue weighted by Gasteiger charge is -2.42. The number of nitrogens with zero attached hydrogens (tertiary/aromatic N) is 7. The largest absolute Gasteiger partial charge is 0.458 e. The summed E-state index contributed by atoms with van der Waals surface area (Å²) < 4.78 is 11.0. The summed E-state index contributed by atoms with van der Waals surface area (Å²) in [6, 6.07) is -18.5. The summed E-state index contributed by atoms with van der Waals surface area (Å²) in [5.41, 5.74) is 28.5. The van der Waals surface area contributed by atoms with E-state index in [9.17, 15) is 76.7 Å². The molecule has 0 aliphatic carbocycles. The van der Waals surface area contributed by atoms with Gasteiger partial charge in [0.25, 0.3) is 0 Å². The predicted molar refractivity (Wildman–Crippen MR) is 507 cm³/mol. The molecule has 3 rings (SSSR count). The molecule has 1 aromatic rings. The first-order valence-electron chi connectivity index (χ1n) is 46.6. The lowest BCUT2D eigenvalue weighted by molar-refractivity contribution is -0.163. The average Bonchev–Trinajstić information content (AvgIpc) is 1.44. The highest BCUT2D eigenvalue weighted by Crippen LogP contribution is 2.28. The molecule has 2 heterocycles. The van der Waals surface area contributed by atoms with Crippen LogP contribution in [0.15, 0.2) is 41.6 Å². The number of ether oxygens (including phenoxy) is 2. The van der Waals surface area contributed by atoms with Crippen LogP contribution in [0.4, 0.5) is 0 Å². The second-order valence-electron chi connectivity index (χ2n) is 37.3. The summed E-state index contributed by atoms with van der Waals surface area (Å²) in [7, 11) is 9.63. The summed E-state index contributed by atoms with van der Waals surface area (Å²) in [5, 5.41) is 26.6. The van der Waals surface area contributed by atoms with Crippen molar-refractivity contribution in [2.75, 3.05) is 69.6 Å². The Labute approximate surface area is 820 Å². The molecule has 0 saturated carbocycles. The van der Waals surface area contributed by atoms with E-state index in [0.29, 0.717) is 10.5 Å². The minimum atomic E-state index is -2.38.